The van der Waals surface area contributed by atoms with Crippen molar-refractivity contribution in [2.24, 2.45) is 10.9 Å². The summed E-state index contributed by atoms with van der Waals surface area (Å²) in [6, 6.07) is 6.79. The van der Waals surface area contributed by atoms with Gasteiger partial charge in [-0.2, -0.15) is 0 Å². The molecule has 3 rings (SSSR count). The van der Waals surface area contributed by atoms with Crippen LogP contribution >= 0.6 is 24.0 Å². The van der Waals surface area contributed by atoms with Gasteiger partial charge >= 0.3 is 0 Å². The SMILES string of the molecule is CN=C(NCCN1CCN(c2ccc(F)cc2)CC1)N(C)CCOCC1CC1.I. The van der Waals surface area contributed by atoms with Crippen LogP contribution in [0.25, 0.3) is 0 Å². The first-order chi connectivity index (χ1) is 13.7. The molecule has 1 aromatic rings. The van der Waals surface area contributed by atoms with Crippen LogP contribution in [-0.2, 0) is 4.74 Å². The number of rotatable bonds is 9. The summed E-state index contributed by atoms with van der Waals surface area (Å²) in [6.45, 7) is 8.34. The number of likely N-dealkylation sites (N-methyl/N-ethyl adjacent to an activating group) is 1. The lowest BCUT2D eigenvalue weighted by atomic mass is 10.2. The molecule has 1 heterocycles. The predicted octanol–water partition coefficient (Wildman–Crippen LogP) is 2.50. The number of anilines is 1. The number of nitrogens with zero attached hydrogens (tertiary/aromatic N) is 4. The van der Waals surface area contributed by atoms with E-state index >= 15 is 0 Å². The third kappa shape index (κ3) is 8.25. The number of hydrogen-bond donors (Lipinski definition) is 1. The molecule has 0 atom stereocenters. The summed E-state index contributed by atoms with van der Waals surface area (Å²) >= 11 is 0. The molecule has 1 aromatic carbocycles. The number of benzene rings is 1. The van der Waals surface area contributed by atoms with Gasteiger partial charge in [0, 0.05) is 72.2 Å². The van der Waals surface area contributed by atoms with Crippen molar-refractivity contribution in [3.63, 3.8) is 0 Å². The average Bonchev–Trinajstić information content (AvgIpc) is 3.54. The molecule has 1 saturated carbocycles. The Morgan fingerprint density at radius 1 is 1.21 bits per heavy atom. The first-order valence-electron chi connectivity index (χ1n) is 10.4. The summed E-state index contributed by atoms with van der Waals surface area (Å²) in [7, 11) is 3.88. The normalized spacial score (nSPS) is 17.8. The van der Waals surface area contributed by atoms with E-state index in [1.54, 1.807) is 0 Å². The maximum atomic E-state index is 13.1. The van der Waals surface area contributed by atoms with Crippen molar-refractivity contribution in [3.05, 3.63) is 30.1 Å². The highest BCUT2D eigenvalue weighted by atomic mass is 127. The highest BCUT2D eigenvalue weighted by Crippen LogP contribution is 2.28. The van der Waals surface area contributed by atoms with Crippen LogP contribution in [-0.4, -0.2) is 88.9 Å². The molecule has 8 heteroatoms. The Kier molecular flexibility index (Phi) is 10.4. The monoisotopic (exact) mass is 519 g/mol. The molecule has 1 aliphatic carbocycles. The number of piperazine rings is 1. The molecular weight excluding hydrogens is 484 g/mol. The largest absolute Gasteiger partial charge is 0.379 e. The minimum atomic E-state index is -0.179. The van der Waals surface area contributed by atoms with Crippen LogP contribution in [0.2, 0.25) is 0 Å². The second kappa shape index (κ2) is 12.5. The molecule has 0 bridgehead atoms. The fraction of sp³-hybridized carbons (Fsp3) is 0.667. The van der Waals surface area contributed by atoms with Gasteiger partial charge < -0.3 is 19.9 Å². The zero-order valence-corrected chi connectivity index (χ0v) is 20.0. The predicted molar refractivity (Wildman–Crippen MR) is 128 cm³/mol. The van der Waals surface area contributed by atoms with Crippen LogP contribution < -0.4 is 10.2 Å². The smallest absolute Gasteiger partial charge is 0.193 e. The molecule has 0 amide bonds. The number of halogens is 2. The standard InChI is InChI=1S/C21H34FN5O.HI/c1-23-21(25(2)15-16-28-17-18-3-4-18)24-9-10-26-11-13-27(14-12-26)20-7-5-19(22)6-8-20;/h5-8,18H,3-4,9-17H2,1-2H3,(H,23,24);1H. The van der Waals surface area contributed by atoms with E-state index < -0.39 is 0 Å². The second-order valence-corrected chi connectivity index (χ2v) is 7.72. The summed E-state index contributed by atoms with van der Waals surface area (Å²) in [5.74, 6) is 1.55. The molecule has 0 unspecified atom stereocenters. The van der Waals surface area contributed by atoms with Gasteiger partial charge in [0.25, 0.3) is 0 Å². The van der Waals surface area contributed by atoms with Crippen LogP contribution in [0.3, 0.4) is 0 Å². The molecule has 164 valence electrons. The molecule has 2 aliphatic rings. The second-order valence-electron chi connectivity index (χ2n) is 7.72. The van der Waals surface area contributed by atoms with Crippen molar-refractivity contribution in [1.82, 2.24) is 15.1 Å². The van der Waals surface area contributed by atoms with Gasteiger partial charge in [-0.3, -0.25) is 9.89 Å². The maximum absolute atomic E-state index is 13.1. The van der Waals surface area contributed by atoms with E-state index in [1.165, 1.54) is 25.0 Å². The van der Waals surface area contributed by atoms with Crippen molar-refractivity contribution in [1.29, 1.82) is 0 Å². The number of hydrogen-bond acceptors (Lipinski definition) is 4. The van der Waals surface area contributed by atoms with Gasteiger partial charge in [0.15, 0.2) is 5.96 Å². The molecule has 0 aromatic heterocycles. The lowest BCUT2D eigenvalue weighted by Crippen LogP contribution is -2.49. The van der Waals surface area contributed by atoms with Gasteiger partial charge in [0.2, 0.25) is 0 Å². The van der Waals surface area contributed by atoms with Crippen LogP contribution in [0.4, 0.5) is 10.1 Å². The first kappa shape index (κ1) is 24.1. The van der Waals surface area contributed by atoms with E-state index in [0.717, 1.165) is 76.6 Å². The fourth-order valence-electron chi connectivity index (χ4n) is 3.43. The number of aliphatic imine (C=N–C) groups is 1. The van der Waals surface area contributed by atoms with Gasteiger partial charge in [0.1, 0.15) is 5.82 Å². The van der Waals surface area contributed by atoms with Crippen LogP contribution in [0.1, 0.15) is 12.8 Å². The summed E-state index contributed by atoms with van der Waals surface area (Å²) in [6.07, 6.45) is 2.66. The highest BCUT2D eigenvalue weighted by Gasteiger charge is 2.21. The van der Waals surface area contributed by atoms with Crippen molar-refractivity contribution in [2.45, 2.75) is 12.8 Å². The molecule has 1 saturated heterocycles. The molecule has 29 heavy (non-hydrogen) atoms. The Hall–Kier alpha value is -1.13. The van der Waals surface area contributed by atoms with Gasteiger partial charge in [0.05, 0.1) is 6.61 Å². The molecule has 2 fully saturated rings. The number of ether oxygens (including phenoxy) is 1. The van der Waals surface area contributed by atoms with Crippen molar-refractivity contribution < 1.29 is 9.13 Å². The van der Waals surface area contributed by atoms with Crippen LogP contribution in [0.5, 0.6) is 0 Å². The third-order valence-electron chi connectivity index (χ3n) is 5.47. The Morgan fingerprint density at radius 3 is 2.52 bits per heavy atom. The Labute approximate surface area is 191 Å². The molecule has 1 aliphatic heterocycles. The molecule has 0 spiro atoms. The van der Waals surface area contributed by atoms with E-state index in [2.05, 4.69) is 32.1 Å². The first-order valence-corrected chi connectivity index (χ1v) is 10.4. The quantitative estimate of drug-likeness (QED) is 0.235. The molecular formula is C21H35FIN5O. The lowest BCUT2D eigenvalue weighted by Gasteiger charge is -2.36. The van der Waals surface area contributed by atoms with E-state index in [9.17, 15) is 4.39 Å². The van der Waals surface area contributed by atoms with Crippen molar-refractivity contribution >= 4 is 35.6 Å². The summed E-state index contributed by atoms with van der Waals surface area (Å²) < 4.78 is 18.8. The average molecular weight is 519 g/mol. The van der Waals surface area contributed by atoms with E-state index in [1.807, 2.05) is 19.2 Å². The van der Waals surface area contributed by atoms with E-state index in [-0.39, 0.29) is 29.8 Å². The van der Waals surface area contributed by atoms with Crippen molar-refractivity contribution in [2.75, 3.05) is 78.0 Å². The topological polar surface area (TPSA) is 43.3 Å². The maximum Gasteiger partial charge on any atom is 0.193 e. The third-order valence-corrected chi connectivity index (χ3v) is 5.47. The number of guanidine groups is 1. The highest BCUT2D eigenvalue weighted by molar-refractivity contribution is 14.0. The van der Waals surface area contributed by atoms with Gasteiger partial charge in [-0.15, -0.1) is 24.0 Å². The lowest BCUT2D eigenvalue weighted by molar-refractivity contribution is 0.115. The molecule has 6 nitrogen and oxygen atoms in total. The number of nitrogens with one attached hydrogen (secondary N) is 1. The Morgan fingerprint density at radius 2 is 1.90 bits per heavy atom. The van der Waals surface area contributed by atoms with E-state index in [4.69, 9.17) is 4.74 Å². The van der Waals surface area contributed by atoms with Crippen molar-refractivity contribution in [3.8, 4) is 0 Å². The summed E-state index contributed by atoms with van der Waals surface area (Å²) in [4.78, 5) is 11.3. The summed E-state index contributed by atoms with van der Waals surface area (Å²) in [5, 5.41) is 3.45. The summed E-state index contributed by atoms with van der Waals surface area (Å²) in [5.41, 5.74) is 1.10. The zero-order valence-electron chi connectivity index (χ0n) is 17.6. The van der Waals surface area contributed by atoms with Gasteiger partial charge in [-0.1, -0.05) is 0 Å². The minimum Gasteiger partial charge on any atom is -0.379 e. The molecule has 0 radical (unpaired) electrons. The van der Waals surface area contributed by atoms with Crippen LogP contribution in [0.15, 0.2) is 29.3 Å². The van der Waals surface area contributed by atoms with E-state index in [0.29, 0.717) is 0 Å². The van der Waals surface area contributed by atoms with Gasteiger partial charge in [-0.25, -0.2) is 4.39 Å². The minimum absolute atomic E-state index is 0. The fourth-order valence-corrected chi connectivity index (χ4v) is 3.43. The Bertz CT molecular complexity index is 618. The zero-order chi connectivity index (χ0) is 19.8. The van der Waals surface area contributed by atoms with Crippen LogP contribution in [0, 0.1) is 11.7 Å². The molecule has 1 N–H and O–H groups in total. The Balaban J connectivity index is 0.00000300. The van der Waals surface area contributed by atoms with Gasteiger partial charge in [-0.05, 0) is 43.0 Å².